The summed E-state index contributed by atoms with van der Waals surface area (Å²) < 4.78 is 32.2. The van der Waals surface area contributed by atoms with Gasteiger partial charge in [0.1, 0.15) is 5.60 Å². The molecule has 114 valence electrons. The predicted molar refractivity (Wildman–Crippen MR) is 73.8 cm³/mol. The van der Waals surface area contributed by atoms with Crippen LogP contribution in [-0.4, -0.2) is 23.8 Å². The predicted octanol–water partition coefficient (Wildman–Crippen LogP) is 3.67. The molecule has 1 unspecified atom stereocenters. The minimum atomic E-state index is -3.15. The van der Waals surface area contributed by atoms with E-state index in [1.54, 1.807) is 20.8 Å². The molecule has 0 bridgehead atoms. The fourth-order valence-electron chi connectivity index (χ4n) is 2.33. The zero-order chi connectivity index (χ0) is 16.0. The summed E-state index contributed by atoms with van der Waals surface area (Å²) >= 11 is 5.79. The first-order chi connectivity index (χ1) is 9.58. The largest absolute Gasteiger partial charge is 0.459 e. The number of ether oxygens (including phenoxy) is 1. The molecule has 0 saturated heterocycles. The van der Waals surface area contributed by atoms with E-state index in [2.05, 4.69) is 0 Å². The average Bonchev–Trinajstić information content (AvgIpc) is 2.62. The van der Waals surface area contributed by atoms with Gasteiger partial charge in [-0.25, -0.2) is 8.78 Å². The zero-order valence-corrected chi connectivity index (χ0v) is 12.6. The second kappa shape index (κ2) is 5.05. The summed E-state index contributed by atoms with van der Waals surface area (Å²) in [6.45, 7) is 4.69. The molecule has 0 aliphatic heterocycles. The molecule has 1 aliphatic carbocycles. The van der Waals surface area contributed by atoms with Gasteiger partial charge in [0.2, 0.25) is 0 Å². The van der Waals surface area contributed by atoms with Crippen LogP contribution in [0.4, 0.5) is 8.78 Å². The maximum absolute atomic E-state index is 13.6. The number of hydrogen-bond donors (Lipinski definition) is 0. The van der Waals surface area contributed by atoms with Gasteiger partial charge >= 0.3 is 5.97 Å². The molecule has 0 N–H and O–H groups in total. The molecule has 0 aromatic heterocycles. The van der Waals surface area contributed by atoms with Crippen molar-refractivity contribution in [1.82, 2.24) is 0 Å². The number of carbonyl (C=O) groups excluding carboxylic acids is 2. The van der Waals surface area contributed by atoms with E-state index in [9.17, 15) is 18.4 Å². The van der Waals surface area contributed by atoms with Gasteiger partial charge in [-0.2, -0.15) is 0 Å². The van der Waals surface area contributed by atoms with E-state index in [0.717, 1.165) is 0 Å². The Bertz CT molecular complexity index is 607. The highest BCUT2D eigenvalue weighted by molar-refractivity contribution is 6.31. The van der Waals surface area contributed by atoms with Crippen molar-refractivity contribution in [3.8, 4) is 0 Å². The number of halogens is 3. The Balaban J connectivity index is 2.48. The molecular formula is C15H15ClF2O3. The molecule has 0 amide bonds. The van der Waals surface area contributed by atoms with Gasteiger partial charge in [0.15, 0.2) is 11.2 Å². The van der Waals surface area contributed by atoms with Gasteiger partial charge in [-0.15, -0.1) is 0 Å². The highest BCUT2D eigenvalue weighted by Gasteiger charge is 2.60. The van der Waals surface area contributed by atoms with Gasteiger partial charge in [0.05, 0.1) is 0 Å². The van der Waals surface area contributed by atoms with Crippen LogP contribution in [0.2, 0.25) is 5.02 Å². The van der Waals surface area contributed by atoms with Gasteiger partial charge < -0.3 is 4.74 Å². The summed E-state index contributed by atoms with van der Waals surface area (Å²) in [5, 5.41) is 0.261. The number of fused-ring (bicyclic) bond motifs is 1. The van der Waals surface area contributed by atoms with E-state index in [1.165, 1.54) is 18.2 Å². The third-order valence-corrected chi connectivity index (χ3v) is 3.56. The van der Waals surface area contributed by atoms with Crippen molar-refractivity contribution < 1.29 is 23.1 Å². The summed E-state index contributed by atoms with van der Waals surface area (Å²) in [6, 6.07) is 4.31. The molecule has 3 nitrogen and oxygen atoms in total. The first-order valence-corrected chi connectivity index (χ1v) is 6.80. The van der Waals surface area contributed by atoms with Crippen molar-refractivity contribution in [2.45, 2.75) is 39.2 Å². The van der Waals surface area contributed by atoms with E-state index in [1.807, 2.05) is 0 Å². The molecular weight excluding hydrogens is 302 g/mol. The molecule has 0 heterocycles. The second-order valence-electron chi connectivity index (χ2n) is 6.08. The van der Waals surface area contributed by atoms with E-state index < -0.39 is 29.2 Å². The lowest BCUT2D eigenvalue weighted by Gasteiger charge is -2.29. The quantitative estimate of drug-likeness (QED) is 0.617. The van der Waals surface area contributed by atoms with E-state index in [4.69, 9.17) is 16.3 Å². The van der Waals surface area contributed by atoms with Crippen LogP contribution in [0.3, 0.4) is 0 Å². The number of hydrogen-bond acceptors (Lipinski definition) is 3. The second-order valence-corrected chi connectivity index (χ2v) is 6.52. The van der Waals surface area contributed by atoms with E-state index in [0.29, 0.717) is 5.56 Å². The molecule has 1 atom stereocenters. The monoisotopic (exact) mass is 316 g/mol. The van der Waals surface area contributed by atoms with E-state index >= 15 is 0 Å². The van der Waals surface area contributed by atoms with Crippen LogP contribution in [0.1, 0.15) is 36.7 Å². The fourth-order valence-corrected chi connectivity index (χ4v) is 2.51. The molecule has 6 heteroatoms. The minimum absolute atomic E-state index is 0.0636. The molecule has 1 aromatic carbocycles. The Hall–Kier alpha value is -1.49. The third-order valence-electron chi connectivity index (χ3n) is 3.33. The lowest BCUT2D eigenvalue weighted by molar-refractivity contribution is -0.171. The SMILES string of the molecule is CC(C)(C)OC(=O)C1(C(F)F)Cc2ccc(Cl)cc2C1=O. The first-order valence-electron chi connectivity index (χ1n) is 6.43. The lowest BCUT2D eigenvalue weighted by Crippen LogP contribution is -2.47. The summed E-state index contributed by atoms with van der Waals surface area (Å²) in [5.41, 5.74) is -2.98. The van der Waals surface area contributed by atoms with Crippen molar-refractivity contribution in [2.24, 2.45) is 5.41 Å². The van der Waals surface area contributed by atoms with Crippen LogP contribution in [0.5, 0.6) is 0 Å². The van der Waals surface area contributed by atoms with Gasteiger partial charge in [-0.1, -0.05) is 17.7 Å². The van der Waals surface area contributed by atoms with Crippen LogP contribution in [0.15, 0.2) is 18.2 Å². The van der Waals surface area contributed by atoms with Gasteiger partial charge in [-0.05, 0) is 38.5 Å². The van der Waals surface area contributed by atoms with Gasteiger partial charge in [0, 0.05) is 17.0 Å². The van der Waals surface area contributed by atoms with Crippen molar-refractivity contribution >= 4 is 23.4 Å². The molecule has 0 saturated carbocycles. The molecule has 0 fully saturated rings. The highest BCUT2D eigenvalue weighted by Crippen LogP contribution is 2.44. The topological polar surface area (TPSA) is 43.4 Å². The van der Waals surface area contributed by atoms with Crippen LogP contribution >= 0.6 is 11.6 Å². The molecule has 1 aliphatic rings. The number of esters is 1. The van der Waals surface area contributed by atoms with Crippen LogP contribution in [0, 0.1) is 5.41 Å². The summed E-state index contributed by atoms with van der Waals surface area (Å²) in [4.78, 5) is 24.6. The number of Topliss-reactive ketones (excluding diaryl/α,β-unsaturated/α-hetero) is 1. The smallest absolute Gasteiger partial charge is 0.326 e. The normalized spacial score (nSPS) is 21.6. The summed E-state index contributed by atoms with van der Waals surface area (Å²) in [5.74, 6) is -2.12. The Morgan fingerprint density at radius 2 is 2.00 bits per heavy atom. The summed E-state index contributed by atoms with van der Waals surface area (Å²) in [7, 11) is 0. The maximum Gasteiger partial charge on any atom is 0.326 e. The third kappa shape index (κ3) is 2.67. The summed E-state index contributed by atoms with van der Waals surface area (Å²) in [6.07, 6.45) is -3.52. The Morgan fingerprint density at radius 3 is 2.52 bits per heavy atom. The van der Waals surface area contributed by atoms with E-state index in [-0.39, 0.29) is 17.0 Å². The Morgan fingerprint density at radius 1 is 1.38 bits per heavy atom. The van der Waals surface area contributed by atoms with Crippen molar-refractivity contribution in [3.63, 3.8) is 0 Å². The number of ketones is 1. The first kappa shape index (κ1) is 15.9. The van der Waals surface area contributed by atoms with Gasteiger partial charge in [-0.3, -0.25) is 9.59 Å². The lowest BCUT2D eigenvalue weighted by atomic mass is 9.84. The Kier molecular flexibility index (Phi) is 3.82. The number of benzene rings is 1. The zero-order valence-electron chi connectivity index (χ0n) is 11.9. The average molecular weight is 317 g/mol. The van der Waals surface area contributed by atoms with Gasteiger partial charge in [0.25, 0.3) is 6.43 Å². The molecule has 0 spiro atoms. The van der Waals surface area contributed by atoms with Crippen LogP contribution < -0.4 is 0 Å². The number of carbonyl (C=O) groups is 2. The number of alkyl halides is 2. The fraction of sp³-hybridized carbons (Fsp3) is 0.467. The Labute approximate surface area is 126 Å². The molecule has 1 aromatic rings. The highest BCUT2D eigenvalue weighted by atomic mass is 35.5. The molecule has 0 radical (unpaired) electrons. The van der Waals surface area contributed by atoms with Crippen molar-refractivity contribution in [3.05, 3.63) is 34.3 Å². The number of rotatable bonds is 2. The molecule has 21 heavy (non-hydrogen) atoms. The standard InChI is InChI=1S/C15H15ClF2O3/c1-14(2,3)21-13(20)15(12(17)18)7-8-4-5-9(16)6-10(8)11(15)19/h4-6,12H,7H2,1-3H3. The van der Waals surface area contributed by atoms with Crippen LogP contribution in [-0.2, 0) is 16.0 Å². The minimum Gasteiger partial charge on any atom is -0.459 e. The van der Waals surface area contributed by atoms with Crippen molar-refractivity contribution in [2.75, 3.05) is 0 Å². The molecule has 2 rings (SSSR count). The van der Waals surface area contributed by atoms with Crippen LogP contribution in [0.25, 0.3) is 0 Å². The van der Waals surface area contributed by atoms with Crippen molar-refractivity contribution in [1.29, 1.82) is 0 Å². The maximum atomic E-state index is 13.6.